The number of nitrogens with one attached hydrogen (secondary N) is 1. The van der Waals surface area contributed by atoms with Crippen LogP contribution in [-0.2, 0) is 4.79 Å². The largest absolute Gasteiger partial charge is 0.358 e. The number of allylic oxidation sites excluding steroid dienone is 2. The van der Waals surface area contributed by atoms with Gasteiger partial charge in [0.15, 0.2) is 5.78 Å². The molecule has 0 saturated heterocycles. The van der Waals surface area contributed by atoms with Crippen molar-refractivity contribution in [2.24, 2.45) is 0 Å². The summed E-state index contributed by atoms with van der Waals surface area (Å²) in [5, 5.41) is 14.8. The predicted molar refractivity (Wildman–Crippen MR) is 113 cm³/mol. The van der Waals surface area contributed by atoms with Crippen LogP contribution in [0.2, 0.25) is 0 Å². The van der Waals surface area contributed by atoms with E-state index in [4.69, 9.17) is 0 Å². The van der Waals surface area contributed by atoms with Crippen molar-refractivity contribution < 1.29 is 14.5 Å². The van der Waals surface area contributed by atoms with Crippen LogP contribution in [0.1, 0.15) is 41.3 Å². The molecule has 0 radical (unpaired) electrons. The number of carbonyl (C=O) groups is 2. The fraction of sp³-hybridized carbons (Fsp3) is 0.182. The van der Waals surface area contributed by atoms with Gasteiger partial charge in [0.2, 0.25) is 5.12 Å². The topological polar surface area (TPSA) is 89.3 Å². The quantitative estimate of drug-likeness (QED) is 0.596. The number of nitro groups is 1. The van der Waals surface area contributed by atoms with Gasteiger partial charge in [-0.3, -0.25) is 19.7 Å². The molecule has 2 aromatic carbocycles. The van der Waals surface area contributed by atoms with Gasteiger partial charge in [0.1, 0.15) is 0 Å². The van der Waals surface area contributed by atoms with E-state index < -0.39 is 10.8 Å². The Balaban J connectivity index is 1.99. The minimum absolute atomic E-state index is 0.102. The number of fused-ring (bicyclic) bond motifs is 2. The number of thioether (sulfide) groups is 1. The minimum atomic E-state index is -0.792. The summed E-state index contributed by atoms with van der Waals surface area (Å²) in [5.41, 5.74) is 3.58. The van der Waals surface area contributed by atoms with E-state index in [1.807, 2.05) is 19.1 Å². The summed E-state index contributed by atoms with van der Waals surface area (Å²) in [6.07, 6.45) is 0. The number of rotatable bonds is 4. The average molecular weight is 406 g/mol. The number of para-hydroxylation sites is 1. The summed E-state index contributed by atoms with van der Waals surface area (Å²) < 4.78 is 0. The van der Waals surface area contributed by atoms with E-state index in [0.717, 1.165) is 17.3 Å². The second kappa shape index (κ2) is 7.33. The van der Waals surface area contributed by atoms with Gasteiger partial charge in [-0.2, -0.15) is 0 Å². The number of carbonyl (C=O) groups excluding carboxylic acids is 2. The predicted octanol–water partition coefficient (Wildman–Crippen LogP) is 4.44. The number of hydrogen-bond acceptors (Lipinski definition) is 6. The Hall–Kier alpha value is -3.19. The van der Waals surface area contributed by atoms with Crippen molar-refractivity contribution in [3.8, 4) is 0 Å². The Morgan fingerprint density at radius 2 is 1.79 bits per heavy atom. The molecule has 1 N–H and O–H groups in total. The molecule has 29 heavy (non-hydrogen) atoms. The first-order valence-electron chi connectivity index (χ1n) is 9.22. The average Bonchev–Trinajstić information content (AvgIpc) is 2.99. The van der Waals surface area contributed by atoms with Gasteiger partial charge in [-0.15, -0.1) is 0 Å². The highest BCUT2D eigenvalue weighted by Gasteiger charge is 2.44. The number of dihydropyridines is 1. The molecule has 0 spiro atoms. The van der Waals surface area contributed by atoms with Crippen molar-refractivity contribution >= 4 is 34.0 Å². The van der Waals surface area contributed by atoms with Crippen LogP contribution in [0.5, 0.6) is 0 Å². The van der Waals surface area contributed by atoms with Crippen molar-refractivity contribution in [1.82, 2.24) is 5.32 Å². The van der Waals surface area contributed by atoms with E-state index in [9.17, 15) is 19.7 Å². The zero-order valence-electron chi connectivity index (χ0n) is 15.9. The van der Waals surface area contributed by atoms with Crippen molar-refractivity contribution in [3.05, 3.63) is 92.2 Å². The van der Waals surface area contributed by atoms with E-state index in [0.29, 0.717) is 39.4 Å². The summed E-state index contributed by atoms with van der Waals surface area (Å²) in [5.74, 6) is -0.427. The highest BCUT2D eigenvalue weighted by atomic mass is 32.2. The molecule has 1 atom stereocenters. The first kappa shape index (κ1) is 19.1. The van der Waals surface area contributed by atoms with E-state index in [2.05, 4.69) is 5.32 Å². The van der Waals surface area contributed by atoms with Crippen LogP contribution >= 0.6 is 11.8 Å². The zero-order valence-corrected chi connectivity index (χ0v) is 16.7. The maximum absolute atomic E-state index is 13.3. The first-order chi connectivity index (χ1) is 14.0. The molecule has 0 aromatic heterocycles. The first-order valence-corrected chi connectivity index (χ1v) is 10.2. The highest BCUT2D eigenvalue weighted by molar-refractivity contribution is 8.14. The molecule has 2 aromatic rings. The van der Waals surface area contributed by atoms with Crippen molar-refractivity contribution in [2.75, 3.05) is 5.75 Å². The smallest absolute Gasteiger partial charge is 0.273 e. The molecule has 1 aliphatic heterocycles. The summed E-state index contributed by atoms with van der Waals surface area (Å²) in [6, 6.07) is 13.5. The molecule has 0 bridgehead atoms. The van der Waals surface area contributed by atoms with Crippen LogP contribution in [0.4, 0.5) is 5.69 Å². The second-order valence-electron chi connectivity index (χ2n) is 6.80. The standard InChI is InChI=1S/C22H18N2O4S/c1-3-29-22(26)17-12(2)23-20-13-8-4-5-9-14(13)21(25)19(20)18(17)15-10-6-7-11-16(15)24(27)28/h4-11,18,23H,3H2,1-2H3. The van der Waals surface area contributed by atoms with Gasteiger partial charge < -0.3 is 5.32 Å². The molecule has 1 unspecified atom stereocenters. The summed E-state index contributed by atoms with van der Waals surface area (Å²) in [7, 11) is 0. The lowest BCUT2D eigenvalue weighted by Gasteiger charge is -2.29. The molecule has 6 nitrogen and oxygen atoms in total. The number of benzene rings is 2. The Kier molecular flexibility index (Phi) is 4.84. The lowest BCUT2D eigenvalue weighted by molar-refractivity contribution is -0.385. The number of nitro benzene ring substituents is 1. The summed E-state index contributed by atoms with van der Waals surface area (Å²) in [4.78, 5) is 37.6. The van der Waals surface area contributed by atoms with Crippen molar-refractivity contribution in [2.45, 2.75) is 19.8 Å². The van der Waals surface area contributed by atoms with Gasteiger partial charge in [-0.1, -0.05) is 61.2 Å². The third kappa shape index (κ3) is 2.98. The lowest BCUT2D eigenvalue weighted by Crippen LogP contribution is -2.28. The van der Waals surface area contributed by atoms with E-state index in [1.165, 1.54) is 6.07 Å². The van der Waals surface area contributed by atoms with Gasteiger partial charge in [-0.05, 0) is 12.7 Å². The number of nitrogens with zero attached hydrogens (tertiary/aromatic N) is 1. The molecule has 2 aliphatic rings. The summed E-state index contributed by atoms with van der Waals surface area (Å²) >= 11 is 1.13. The number of hydrogen-bond donors (Lipinski definition) is 1. The normalized spacial score (nSPS) is 17.7. The number of ketones is 1. The molecule has 1 heterocycles. The molecule has 0 fully saturated rings. The zero-order chi connectivity index (χ0) is 20.7. The molecule has 0 amide bonds. The van der Waals surface area contributed by atoms with Crippen molar-refractivity contribution in [1.29, 1.82) is 0 Å². The second-order valence-corrected chi connectivity index (χ2v) is 8.03. The molecule has 146 valence electrons. The van der Waals surface area contributed by atoms with Crippen LogP contribution in [0.25, 0.3) is 5.70 Å². The van der Waals surface area contributed by atoms with Gasteiger partial charge >= 0.3 is 0 Å². The van der Waals surface area contributed by atoms with E-state index in [1.54, 1.807) is 37.3 Å². The fourth-order valence-corrected chi connectivity index (χ4v) is 4.71. The monoisotopic (exact) mass is 406 g/mol. The Bertz CT molecular complexity index is 1130. The maximum atomic E-state index is 13.3. The molecule has 0 saturated carbocycles. The third-order valence-corrected chi connectivity index (χ3v) is 5.96. The maximum Gasteiger partial charge on any atom is 0.273 e. The minimum Gasteiger partial charge on any atom is -0.358 e. The van der Waals surface area contributed by atoms with Gasteiger partial charge in [0.05, 0.1) is 16.5 Å². The molecule has 4 rings (SSSR count). The van der Waals surface area contributed by atoms with Crippen LogP contribution in [0, 0.1) is 10.1 Å². The fourth-order valence-electron chi connectivity index (χ4n) is 4.02. The lowest BCUT2D eigenvalue weighted by atomic mass is 9.79. The molecular formula is C22H18N2O4S. The number of Topliss-reactive ketones (excluding diaryl/α,β-unsaturated/α-hetero) is 1. The Morgan fingerprint density at radius 3 is 2.48 bits per heavy atom. The van der Waals surface area contributed by atoms with Crippen LogP contribution in [0.15, 0.2) is 65.4 Å². The van der Waals surface area contributed by atoms with Crippen LogP contribution in [-0.4, -0.2) is 21.6 Å². The molecule has 7 heteroatoms. The SMILES string of the molecule is CCSC(=O)C1=C(C)NC2=C(C(=O)c3ccccc32)C1c1ccccc1[N+](=O)[O-]. The Labute approximate surface area is 171 Å². The van der Waals surface area contributed by atoms with Gasteiger partial charge in [0, 0.05) is 39.6 Å². The van der Waals surface area contributed by atoms with Crippen LogP contribution < -0.4 is 5.32 Å². The van der Waals surface area contributed by atoms with E-state index in [-0.39, 0.29) is 16.6 Å². The highest BCUT2D eigenvalue weighted by Crippen LogP contribution is 2.49. The Morgan fingerprint density at radius 1 is 1.14 bits per heavy atom. The van der Waals surface area contributed by atoms with Gasteiger partial charge in [0.25, 0.3) is 5.69 Å². The summed E-state index contributed by atoms with van der Waals surface area (Å²) in [6.45, 7) is 3.65. The molecular weight excluding hydrogens is 388 g/mol. The van der Waals surface area contributed by atoms with Crippen molar-refractivity contribution in [3.63, 3.8) is 0 Å². The van der Waals surface area contributed by atoms with E-state index >= 15 is 0 Å². The third-order valence-electron chi connectivity index (χ3n) is 5.19. The molecule has 1 aliphatic carbocycles. The van der Waals surface area contributed by atoms with Gasteiger partial charge in [-0.25, -0.2) is 0 Å². The van der Waals surface area contributed by atoms with Crippen LogP contribution in [0.3, 0.4) is 0 Å².